The van der Waals surface area contributed by atoms with Crippen molar-refractivity contribution in [1.29, 1.82) is 0 Å². The summed E-state index contributed by atoms with van der Waals surface area (Å²) in [7, 11) is 0. The van der Waals surface area contributed by atoms with E-state index >= 15 is 0 Å². The van der Waals surface area contributed by atoms with Gasteiger partial charge in [0.15, 0.2) is 5.78 Å². The molecule has 0 aliphatic heterocycles. The molecule has 0 saturated carbocycles. The number of para-hydroxylation sites is 1. The molecule has 2 heteroatoms. The monoisotopic (exact) mass is 669 g/mol. The second kappa shape index (κ2) is 12.0. The molecular weight excluding hydrogens is 631 g/mol. The van der Waals surface area contributed by atoms with Crippen LogP contribution in [0.3, 0.4) is 0 Å². The number of rotatable bonds is 6. The highest BCUT2D eigenvalue weighted by Crippen LogP contribution is 2.50. The molecule has 0 heterocycles. The molecule has 250 valence electrons. The van der Waals surface area contributed by atoms with Gasteiger partial charge >= 0.3 is 0 Å². The average Bonchev–Trinajstić information content (AvgIpc) is 3.59. The van der Waals surface area contributed by atoms with E-state index in [1.165, 1.54) is 27.8 Å². The van der Waals surface area contributed by atoms with E-state index in [1.807, 2.05) is 24.3 Å². The number of hydrogen-bond acceptors (Lipinski definition) is 2. The van der Waals surface area contributed by atoms with Crippen LogP contribution < -0.4 is 0 Å². The van der Waals surface area contributed by atoms with Crippen LogP contribution in [0.2, 0.25) is 0 Å². The van der Waals surface area contributed by atoms with Crippen molar-refractivity contribution in [1.82, 2.24) is 0 Å². The maximum Gasteiger partial charge on any atom is 0.194 e. The highest BCUT2D eigenvalue weighted by molar-refractivity contribution is 6.28. The van der Waals surface area contributed by atoms with Crippen LogP contribution in [0.15, 0.2) is 151 Å². The molecule has 9 rings (SSSR count). The average molecular weight is 670 g/mol. The van der Waals surface area contributed by atoms with E-state index in [2.05, 4.69) is 150 Å². The van der Waals surface area contributed by atoms with Gasteiger partial charge < -0.3 is 0 Å². The van der Waals surface area contributed by atoms with Gasteiger partial charge in [0.25, 0.3) is 0 Å². The predicted octanol–water partition coefficient (Wildman–Crippen LogP) is 12.7. The molecule has 7 aromatic carbocycles. The lowest BCUT2D eigenvalue weighted by atomic mass is 9.81. The van der Waals surface area contributed by atoms with Crippen molar-refractivity contribution in [3.8, 4) is 33.4 Å². The summed E-state index contributed by atoms with van der Waals surface area (Å²) in [6.45, 7) is 13.5. The van der Waals surface area contributed by atoms with Crippen LogP contribution in [-0.4, -0.2) is 11.5 Å². The molecule has 0 radical (unpaired) electrons. The smallest absolute Gasteiger partial charge is 0.194 e. The molecule has 0 spiro atoms. The molecule has 0 bridgehead atoms. The zero-order chi connectivity index (χ0) is 35.7. The Morgan fingerprint density at radius 3 is 2.00 bits per heavy atom. The molecule has 0 unspecified atom stereocenters. The summed E-state index contributed by atoms with van der Waals surface area (Å²) < 4.78 is 0. The van der Waals surface area contributed by atoms with Crippen LogP contribution in [0.5, 0.6) is 0 Å². The van der Waals surface area contributed by atoms with Gasteiger partial charge in [-0.1, -0.05) is 148 Å². The minimum absolute atomic E-state index is 0.0797. The van der Waals surface area contributed by atoms with Crippen molar-refractivity contribution in [3.05, 3.63) is 191 Å². The van der Waals surface area contributed by atoms with E-state index in [1.54, 1.807) is 0 Å². The SMILES string of the molecule is C=C(c1ccc2c(c1)C(C)(C)c1ccccc1-2)c1ccccc1N=C(C)Cc1ccccc1-c1c(C)c2c(c3ccccc13)-c1ccccc1C2=O. The molecule has 0 amide bonds. The molecule has 0 aromatic heterocycles. The maximum absolute atomic E-state index is 13.9. The Balaban J connectivity index is 1.09. The number of ketones is 1. The van der Waals surface area contributed by atoms with Gasteiger partial charge in [-0.05, 0) is 98.0 Å². The second-order valence-corrected chi connectivity index (χ2v) is 14.8. The zero-order valence-electron chi connectivity index (χ0n) is 30.0. The largest absolute Gasteiger partial charge is 0.289 e. The first kappa shape index (κ1) is 31.8. The first-order valence-electron chi connectivity index (χ1n) is 18.1. The van der Waals surface area contributed by atoms with E-state index in [0.29, 0.717) is 6.42 Å². The van der Waals surface area contributed by atoms with Crippen LogP contribution in [0.25, 0.3) is 49.7 Å². The van der Waals surface area contributed by atoms with E-state index in [-0.39, 0.29) is 11.2 Å². The molecule has 52 heavy (non-hydrogen) atoms. The molecule has 0 fully saturated rings. The van der Waals surface area contributed by atoms with Crippen molar-refractivity contribution in [2.75, 3.05) is 0 Å². The zero-order valence-corrected chi connectivity index (χ0v) is 30.0. The predicted molar refractivity (Wildman–Crippen MR) is 218 cm³/mol. The topological polar surface area (TPSA) is 29.4 Å². The Labute approximate surface area is 305 Å². The van der Waals surface area contributed by atoms with Gasteiger partial charge in [-0.2, -0.15) is 0 Å². The van der Waals surface area contributed by atoms with Gasteiger partial charge in [0, 0.05) is 39.8 Å². The van der Waals surface area contributed by atoms with E-state index in [0.717, 1.165) is 77.8 Å². The number of carbonyl (C=O) groups is 1. The van der Waals surface area contributed by atoms with E-state index in [4.69, 9.17) is 4.99 Å². The third kappa shape index (κ3) is 4.78. The van der Waals surface area contributed by atoms with Crippen LogP contribution in [0.4, 0.5) is 5.69 Å². The van der Waals surface area contributed by atoms with Gasteiger partial charge in [-0.3, -0.25) is 9.79 Å². The maximum atomic E-state index is 13.9. The summed E-state index contributed by atoms with van der Waals surface area (Å²) in [6.07, 6.45) is 0.668. The minimum atomic E-state index is -0.0797. The van der Waals surface area contributed by atoms with Crippen molar-refractivity contribution in [2.45, 2.75) is 39.5 Å². The van der Waals surface area contributed by atoms with Crippen molar-refractivity contribution >= 4 is 33.5 Å². The number of fused-ring (bicyclic) bond motifs is 8. The molecule has 2 nitrogen and oxygen atoms in total. The molecule has 0 atom stereocenters. The number of carbonyl (C=O) groups excluding carboxylic acids is 1. The summed E-state index contributed by atoms with van der Waals surface area (Å²) in [4.78, 5) is 19.2. The van der Waals surface area contributed by atoms with Gasteiger partial charge in [-0.25, -0.2) is 0 Å². The third-order valence-electron chi connectivity index (χ3n) is 11.3. The Hall–Kier alpha value is -6.12. The summed E-state index contributed by atoms with van der Waals surface area (Å²) in [5.74, 6) is 0.110. The Bertz CT molecular complexity index is 2690. The Morgan fingerprint density at radius 1 is 0.615 bits per heavy atom. The van der Waals surface area contributed by atoms with Crippen LogP contribution >= 0.6 is 0 Å². The van der Waals surface area contributed by atoms with Crippen molar-refractivity contribution < 1.29 is 4.79 Å². The lowest BCUT2D eigenvalue weighted by molar-refractivity contribution is 0.104. The molecule has 0 N–H and O–H groups in total. The minimum Gasteiger partial charge on any atom is -0.289 e. The van der Waals surface area contributed by atoms with Crippen LogP contribution in [0, 0.1) is 6.92 Å². The first-order valence-corrected chi connectivity index (χ1v) is 18.1. The normalized spacial score (nSPS) is 13.8. The number of benzene rings is 7. The van der Waals surface area contributed by atoms with Crippen molar-refractivity contribution in [2.24, 2.45) is 4.99 Å². The highest BCUT2D eigenvalue weighted by atomic mass is 16.1. The van der Waals surface area contributed by atoms with E-state index in [9.17, 15) is 4.79 Å². The highest BCUT2D eigenvalue weighted by Gasteiger charge is 2.35. The van der Waals surface area contributed by atoms with Gasteiger partial charge in [0.2, 0.25) is 0 Å². The fourth-order valence-corrected chi connectivity index (χ4v) is 8.83. The van der Waals surface area contributed by atoms with Gasteiger partial charge in [0.05, 0.1) is 5.69 Å². The van der Waals surface area contributed by atoms with E-state index < -0.39 is 0 Å². The molecule has 2 aliphatic carbocycles. The second-order valence-electron chi connectivity index (χ2n) is 14.8. The van der Waals surface area contributed by atoms with Gasteiger partial charge in [0.1, 0.15) is 0 Å². The fraction of sp³-hybridized carbons (Fsp3) is 0.120. The molecule has 2 aliphatic rings. The quantitative estimate of drug-likeness (QED) is 0.162. The summed E-state index contributed by atoms with van der Waals surface area (Å²) in [5.41, 5.74) is 18.4. The van der Waals surface area contributed by atoms with Crippen LogP contribution in [-0.2, 0) is 11.8 Å². The number of hydrogen-bond donors (Lipinski definition) is 0. The Kier molecular flexibility index (Phi) is 7.34. The molecule has 0 saturated heterocycles. The summed E-state index contributed by atoms with van der Waals surface area (Å²) >= 11 is 0. The van der Waals surface area contributed by atoms with Crippen LogP contribution in [0.1, 0.15) is 70.1 Å². The molecular formula is C50H39NO. The summed E-state index contributed by atoms with van der Waals surface area (Å²) in [6, 6.07) is 49.0. The third-order valence-corrected chi connectivity index (χ3v) is 11.3. The number of aliphatic imine (C=N–C) groups is 1. The fourth-order valence-electron chi connectivity index (χ4n) is 8.83. The van der Waals surface area contributed by atoms with Crippen molar-refractivity contribution in [3.63, 3.8) is 0 Å². The Morgan fingerprint density at radius 2 is 1.21 bits per heavy atom. The van der Waals surface area contributed by atoms with Gasteiger partial charge in [-0.15, -0.1) is 0 Å². The summed E-state index contributed by atoms with van der Waals surface area (Å²) in [5, 5.41) is 2.27. The number of nitrogens with zero attached hydrogens (tertiary/aromatic N) is 1. The first-order chi connectivity index (χ1) is 25.2. The molecule has 7 aromatic rings. The lowest BCUT2D eigenvalue weighted by Gasteiger charge is -2.22. The standard InChI is InChI=1S/C50H39NO/c1-30(51-45-25-15-13-17-35(45)31(2)33-26-27-38-37-19-12-14-24-43(37)50(4,5)44(38)29-33)28-34-16-6-7-18-36(34)46-32(3)47-48(40-21-9-8-20-39(40)46)41-22-10-11-23-42(41)49(47)52/h6-27,29H,2,28H2,1,3-5H3. The lowest BCUT2D eigenvalue weighted by Crippen LogP contribution is -2.15.